The van der Waals surface area contributed by atoms with Crippen LogP contribution in [-0.2, 0) is 13.8 Å². The second-order valence-corrected chi connectivity index (χ2v) is 11.1. The zero-order valence-electron chi connectivity index (χ0n) is 22.1. The van der Waals surface area contributed by atoms with Crippen molar-refractivity contribution in [2.24, 2.45) is 0 Å². The standard InChI is InChI=1S/C25H31ClN3O4P.C2H6/c1-16(7-6-10-28-30)15-27-25(32-4)23-24(21-14-19(26)8-9-22(21)29-23)34(31,33-5)20-12-17(2)11-18(3)13-20;1-2/h6-14,25,27-30H,15H2,1-5H3;1-2H3/p+1/b10-6-,16-7+;. The fraction of sp³-hybridized carbons (Fsp3) is 0.333. The Bertz CT molecular complexity index is 1250. The Morgan fingerprint density at radius 3 is 2.44 bits per heavy atom. The normalized spacial score (nSPS) is 14.5. The maximum atomic E-state index is 14.6. The van der Waals surface area contributed by atoms with E-state index in [1.165, 1.54) is 13.3 Å². The Hall–Kier alpha value is -2.22. The molecule has 0 radical (unpaired) electrons. The molecule has 9 heteroatoms. The highest BCUT2D eigenvalue weighted by atomic mass is 35.5. The number of allylic oxidation sites excluding steroid dienone is 2. The van der Waals surface area contributed by atoms with E-state index >= 15 is 0 Å². The van der Waals surface area contributed by atoms with E-state index in [9.17, 15) is 4.57 Å². The number of methoxy groups -OCH3 is 1. The minimum Gasteiger partial charge on any atom is -0.361 e. The minimum atomic E-state index is -3.52. The molecule has 1 aromatic heterocycles. The number of hydrogen-bond acceptors (Lipinski definition) is 5. The molecule has 36 heavy (non-hydrogen) atoms. The van der Waals surface area contributed by atoms with Crippen LogP contribution in [0.25, 0.3) is 10.9 Å². The molecule has 2 aromatic carbocycles. The smallest absolute Gasteiger partial charge is 0.263 e. The van der Waals surface area contributed by atoms with Crippen molar-refractivity contribution in [2.45, 2.75) is 40.8 Å². The number of aromatic amines is 1. The summed E-state index contributed by atoms with van der Waals surface area (Å²) in [6, 6.07) is 11.3. The number of nitrogens with two attached hydrogens (primary N) is 1. The van der Waals surface area contributed by atoms with E-state index in [1.807, 2.05) is 65.0 Å². The number of H-pyrrole nitrogens is 1. The molecule has 3 aromatic rings. The lowest BCUT2D eigenvalue weighted by molar-refractivity contribution is -0.838. The lowest BCUT2D eigenvalue weighted by atomic mass is 10.2. The van der Waals surface area contributed by atoms with Gasteiger partial charge in [0.25, 0.3) is 7.37 Å². The van der Waals surface area contributed by atoms with Crippen LogP contribution < -0.4 is 21.4 Å². The van der Waals surface area contributed by atoms with Crippen LogP contribution in [0.2, 0.25) is 5.02 Å². The fourth-order valence-electron chi connectivity index (χ4n) is 4.01. The zero-order valence-corrected chi connectivity index (χ0v) is 23.7. The predicted molar refractivity (Wildman–Crippen MR) is 149 cm³/mol. The van der Waals surface area contributed by atoms with Gasteiger partial charge in [-0.3, -0.25) is 9.88 Å². The molecule has 0 saturated carbocycles. The number of hydroxylamine groups is 1. The van der Waals surface area contributed by atoms with Gasteiger partial charge in [0.2, 0.25) is 0 Å². The molecule has 196 valence electrons. The van der Waals surface area contributed by atoms with Crippen LogP contribution in [0.4, 0.5) is 0 Å². The average molecular weight is 535 g/mol. The Morgan fingerprint density at radius 2 is 1.86 bits per heavy atom. The van der Waals surface area contributed by atoms with E-state index in [0.29, 0.717) is 27.9 Å². The summed E-state index contributed by atoms with van der Waals surface area (Å²) in [6.07, 6.45) is 4.57. The molecule has 0 aliphatic carbocycles. The number of quaternary nitrogens is 1. The summed E-state index contributed by atoms with van der Waals surface area (Å²) < 4.78 is 26.2. The van der Waals surface area contributed by atoms with Gasteiger partial charge < -0.3 is 14.2 Å². The number of rotatable bonds is 10. The molecule has 0 aliphatic rings. The van der Waals surface area contributed by atoms with Crippen LogP contribution in [-0.4, -0.2) is 31.0 Å². The van der Waals surface area contributed by atoms with Crippen molar-refractivity contribution < 1.29 is 24.5 Å². The number of benzene rings is 2. The van der Waals surface area contributed by atoms with E-state index in [2.05, 4.69) is 10.3 Å². The van der Waals surface area contributed by atoms with Crippen LogP contribution in [0.5, 0.6) is 0 Å². The second-order valence-electron chi connectivity index (χ2n) is 8.20. The van der Waals surface area contributed by atoms with Gasteiger partial charge in [-0.2, -0.15) is 5.48 Å². The summed E-state index contributed by atoms with van der Waals surface area (Å²) in [5.41, 5.74) is 5.41. The van der Waals surface area contributed by atoms with E-state index in [0.717, 1.165) is 33.1 Å². The average Bonchev–Trinajstić information content (AvgIpc) is 3.23. The lowest BCUT2D eigenvalue weighted by Gasteiger charge is -2.23. The number of nitrogens with one attached hydrogen (secondary N) is 2. The number of aryl methyl sites for hydroxylation is 2. The summed E-state index contributed by atoms with van der Waals surface area (Å²) in [5, 5.41) is 14.6. The molecule has 3 rings (SSSR count). The summed E-state index contributed by atoms with van der Waals surface area (Å²) in [7, 11) is -0.456. The van der Waals surface area contributed by atoms with Crippen LogP contribution in [0, 0.1) is 13.8 Å². The van der Waals surface area contributed by atoms with Gasteiger partial charge in [-0.25, -0.2) is 5.21 Å². The van der Waals surface area contributed by atoms with Crippen molar-refractivity contribution in [3.8, 4) is 0 Å². The van der Waals surface area contributed by atoms with E-state index in [-0.39, 0.29) is 0 Å². The first-order chi connectivity index (χ1) is 17.2. The molecule has 0 aliphatic heterocycles. The van der Waals surface area contributed by atoms with Gasteiger partial charge in [-0.05, 0) is 57.2 Å². The molecule has 0 amide bonds. The number of hydrogen-bond donors (Lipinski definition) is 4. The maximum absolute atomic E-state index is 14.6. The van der Waals surface area contributed by atoms with Gasteiger partial charge in [0.15, 0.2) is 0 Å². The minimum absolute atomic E-state index is 0.505. The molecule has 1 heterocycles. The lowest BCUT2D eigenvalue weighted by Crippen LogP contribution is -2.73. The summed E-state index contributed by atoms with van der Waals surface area (Å²) in [5.74, 6) is 0. The predicted octanol–water partition coefficient (Wildman–Crippen LogP) is 4.99. The van der Waals surface area contributed by atoms with Crippen LogP contribution in [0.15, 0.2) is 60.3 Å². The van der Waals surface area contributed by atoms with Crippen LogP contribution in [0.3, 0.4) is 0 Å². The van der Waals surface area contributed by atoms with Gasteiger partial charge in [-0.15, -0.1) is 0 Å². The maximum Gasteiger partial charge on any atom is 0.263 e. The van der Waals surface area contributed by atoms with Crippen molar-refractivity contribution in [1.82, 2.24) is 10.3 Å². The van der Waals surface area contributed by atoms with Gasteiger partial charge in [0.1, 0.15) is 12.4 Å². The number of fused-ring (bicyclic) bond motifs is 1. The monoisotopic (exact) mass is 534 g/mol. The van der Waals surface area contributed by atoms with Gasteiger partial charge >= 0.3 is 0 Å². The largest absolute Gasteiger partial charge is 0.361 e. The Morgan fingerprint density at radius 1 is 1.19 bits per heavy atom. The first kappa shape index (κ1) is 30.0. The molecule has 0 fully saturated rings. The summed E-state index contributed by atoms with van der Waals surface area (Å²) in [6.45, 7) is 10.4. The van der Waals surface area contributed by atoms with E-state index in [4.69, 9.17) is 26.1 Å². The second kappa shape index (κ2) is 13.9. The van der Waals surface area contributed by atoms with Crippen molar-refractivity contribution in [3.63, 3.8) is 0 Å². The molecule has 7 nitrogen and oxygen atoms in total. The quantitative estimate of drug-likeness (QED) is 0.127. The Balaban J connectivity index is 0.00000222. The third-order valence-corrected chi connectivity index (χ3v) is 8.26. The highest BCUT2D eigenvalue weighted by Gasteiger charge is 2.36. The Kier molecular flexibility index (Phi) is 11.6. The molecular formula is C27H38ClN3O4P+. The number of ether oxygens (including phenoxy) is 1. The topological polar surface area (TPSA) is 100 Å². The third-order valence-electron chi connectivity index (χ3n) is 5.50. The van der Waals surface area contributed by atoms with Gasteiger partial charge in [0.05, 0.1) is 11.0 Å². The first-order valence-electron chi connectivity index (χ1n) is 11.9. The van der Waals surface area contributed by atoms with Crippen molar-refractivity contribution >= 4 is 40.5 Å². The van der Waals surface area contributed by atoms with Crippen LogP contribution >= 0.6 is 19.0 Å². The molecule has 2 atom stereocenters. The zero-order chi connectivity index (χ0) is 26.9. The highest BCUT2D eigenvalue weighted by Crippen LogP contribution is 2.48. The van der Waals surface area contributed by atoms with Gasteiger partial charge in [-0.1, -0.05) is 54.3 Å². The van der Waals surface area contributed by atoms with Crippen molar-refractivity contribution in [2.75, 3.05) is 20.8 Å². The van der Waals surface area contributed by atoms with Crippen molar-refractivity contribution in [1.29, 1.82) is 0 Å². The van der Waals surface area contributed by atoms with E-state index < -0.39 is 13.6 Å². The van der Waals surface area contributed by atoms with Crippen LogP contribution in [0.1, 0.15) is 43.8 Å². The van der Waals surface area contributed by atoms with Gasteiger partial charge in [0, 0.05) is 42.0 Å². The molecule has 0 bridgehead atoms. The van der Waals surface area contributed by atoms with E-state index in [1.54, 1.807) is 25.3 Å². The molecular weight excluding hydrogens is 497 g/mol. The number of aromatic nitrogens is 1. The molecule has 2 unspecified atom stereocenters. The third kappa shape index (κ3) is 6.96. The first-order valence-corrected chi connectivity index (χ1v) is 13.9. The SMILES string of the molecule is CC.COC(NC/C(C)=C/C=C\[NH2+]O)c1[nH]c2ccc(Cl)cc2c1P(=O)(OC)c1cc(C)cc(C)c1. The Labute approximate surface area is 219 Å². The fourth-order valence-corrected chi connectivity index (χ4v) is 6.57. The van der Waals surface area contributed by atoms with Crippen molar-refractivity contribution in [3.05, 3.63) is 82.2 Å². The summed E-state index contributed by atoms with van der Waals surface area (Å²) in [4.78, 5) is 3.39. The highest BCUT2D eigenvalue weighted by molar-refractivity contribution is 7.75. The molecule has 5 N–H and O–H groups in total. The molecule has 0 spiro atoms. The summed E-state index contributed by atoms with van der Waals surface area (Å²) >= 11 is 6.34. The number of halogens is 1. The molecule has 0 saturated heterocycles.